The van der Waals surface area contributed by atoms with E-state index in [1.165, 1.54) is 19.3 Å². The lowest BCUT2D eigenvalue weighted by Crippen LogP contribution is -2.35. The van der Waals surface area contributed by atoms with Gasteiger partial charge in [0.25, 0.3) is 0 Å². The van der Waals surface area contributed by atoms with E-state index in [0.29, 0.717) is 6.04 Å². The lowest BCUT2D eigenvalue weighted by Gasteiger charge is -2.25. The van der Waals surface area contributed by atoms with Gasteiger partial charge in [-0.1, -0.05) is 43.2 Å². The van der Waals surface area contributed by atoms with Crippen LogP contribution < -0.4 is 5.32 Å². The van der Waals surface area contributed by atoms with Crippen molar-refractivity contribution in [2.45, 2.75) is 51.2 Å². The minimum Gasteiger partial charge on any atom is -0.388 e. The van der Waals surface area contributed by atoms with Gasteiger partial charge in [-0.15, -0.1) is 0 Å². The molecule has 0 aromatic heterocycles. The summed E-state index contributed by atoms with van der Waals surface area (Å²) in [7, 11) is 0. The van der Waals surface area contributed by atoms with Gasteiger partial charge in [0.05, 0.1) is 6.10 Å². The van der Waals surface area contributed by atoms with E-state index >= 15 is 0 Å². The van der Waals surface area contributed by atoms with E-state index in [1.54, 1.807) is 0 Å². The summed E-state index contributed by atoms with van der Waals surface area (Å²) in [6, 6.07) is 10.7. The highest BCUT2D eigenvalue weighted by Gasteiger charge is 2.49. The van der Waals surface area contributed by atoms with E-state index in [4.69, 9.17) is 0 Å². The number of aliphatic hydroxyl groups is 1. The highest BCUT2D eigenvalue weighted by atomic mass is 16.3. The summed E-state index contributed by atoms with van der Waals surface area (Å²) in [6.07, 6.45) is 6.12. The van der Waals surface area contributed by atoms with Crippen LogP contribution in [-0.4, -0.2) is 17.7 Å². The molecule has 2 heteroatoms. The van der Waals surface area contributed by atoms with Crippen LogP contribution in [0.1, 0.15) is 50.7 Å². The molecule has 2 saturated carbocycles. The second-order valence-electron chi connectivity index (χ2n) is 6.64. The van der Waals surface area contributed by atoms with Crippen LogP contribution in [0.4, 0.5) is 0 Å². The van der Waals surface area contributed by atoms with Crippen molar-refractivity contribution in [3.8, 4) is 0 Å². The summed E-state index contributed by atoms with van der Waals surface area (Å²) in [5, 5.41) is 14.2. The fraction of sp³-hybridized carbons (Fsp3) is 0.647. The molecule has 104 valence electrons. The number of hydrogen-bond acceptors (Lipinski definition) is 2. The number of rotatable bonds is 7. The van der Waals surface area contributed by atoms with E-state index in [9.17, 15) is 5.11 Å². The van der Waals surface area contributed by atoms with Gasteiger partial charge in [0.15, 0.2) is 0 Å². The predicted molar refractivity (Wildman–Crippen MR) is 77.9 cm³/mol. The van der Waals surface area contributed by atoms with Crippen molar-refractivity contribution in [1.82, 2.24) is 5.32 Å². The van der Waals surface area contributed by atoms with Gasteiger partial charge < -0.3 is 10.4 Å². The van der Waals surface area contributed by atoms with E-state index < -0.39 is 0 Å². The zero-order valence-corrected chi connectivity index (χ0v) is 11.8. The van der Waals surface area contributed by atoms with Crippen molar-refractivity contribution >= 4 is 0 Å². The van der Waals surface area contributed by atoms with Crippen molar-refractivity contribution in [3.05, 3.63) is 35.9 Å². The van der Waals surface area contributed by atoms with E-state index in [2.05, 4.69) is 12.2 Å². The minimum atomic E-state index is -0.311. The molecular formula is C17H25NO. The van der Waals surface area contributed by atoms with Crippen LogP contribution in [0.25, 0.3) is 0 Å². The number of nitrogens with one attached hydrogen (secondary N) is 1. The molecule has 0 heterocycles. The smallest absolute Gasteiger partial charge is 0.0858 e. The van der Waals surface area contributed by atoms with Crippen LogP contribution >= 0.6 is 0 Å². The van der Waals surface area contributed by atoms with E-state index in [-0.39, 0.29) is 11.5 Å². The van der Waals surface area contributed by atoms with Crippen LogP contribution in [0, 0.1) is 11.3 Å². The first-order valence-electron chi connectivity index (χ1n) is 7.66. The first-order chi connectivity index (χ1) is 9.20. The Morgan fingerprint density at radius 2 is 1.95 bits per heavy atom. The predicted octanol–water partition coefficient (Wildman–Crippen LogP) is 3.28. The average Bonchev–Trinajstić information content (AvgIpc) is 3.33. The summed E-state index contributed by atoms with van der Waals surface area (Å²) in [4.78, 5) is 0. The van der Waals surface area contributed by atoms with Crippen LogP contribution in [-0.2, 0) is 0 Å². The molecule has 0 radical (unpaired) electrons. The van der Waals surface area contributed by atoms with Gasteiger partial charge in [0, 0.05) is 18.0 Å². The van der Waals surface area contributed by atoms with Gasteiger partial charge >= 0.3 is 0 Å². The van der Waals surface area contributed by atoms with Crippen molar-refractivity contribution in [2.75, 3.05) is 6.54 Å². The van der Waals surface area contributed by atoms with Crippen LogP contribution in [0.15, 0.2) is 30.3 Å². The first-order valence-corrected chi connectivity index (χ1v) is 7.66. The second-order valence-corrected chi connectivity index (χ2v) is 6.64. The lowest BCUT2D eigenvalue weighted by atomic mass is 9.92. The Hall–Kier alpha value is -0.860. The topological polar surface area (TPSA) is 32.3 Å². The van der Waals surface area contributed by atoms with Gasteiger partial charge in [-0.25, -0.2) is 0 Å². The van der Waals surface area contributed by atoms with E-state index in [1.807, 2.05) is 30.3 Å². The first kappa shape index (κ1) is 13.1. The molecule has 0 saturated heterocycles. The molecule has 1 aromatic rings. The molecular weight excluding hydrogens is 234 g/mol. The molecule has 0 aliphatic heterocycles. The van der Waals surface area contributed by atoms with Crippen molar-refractivity contribution in [1.29, 1.82) is 0 Å². The quantitative estimate of drug-likeness (QED) is 0.787. The lowest BCUT2D eigenvalue weighted by molar-refractivity contribution is 0.0900. The summed E-state index contributed by atoms with van der Waals surface area (Å²) in [6.45, 7) is 3.24. The van der Waals surface area contributed by atoms with Crippen LogP contribution in [0.2, 0.25) is 0 Å². The number of benzene rings is 1. The number of hydrogen-bond donors (Lipinski definition) is 2. The Kier molecular flexibility index (Phi) is 3.64. The maximum atomic E-state index is 10.6. The van der Waals surface area contributed by atoms with Crippen molar-refractivity contribution in [3.63, 3.8) is 0 Å². The fourth-order valence-electron chi connectivity index (χ4n) is 3.01. The van der Waals surface area contributed by atoms with Gasteiger partial charge in [-0.2, -0.15) is 0 Å². The molecule has 2 N–H and O–H groups in total. The monoisotopic (exact) mass is 259 g/mol. The van der Waals surface area contributed by atoms with Gasteiger partial charge in [0.1, 0.15) is 0 Å². The maximum Gasteiger partial charge on any atom is 0.0858 e. The standard InChI is InChI=1S/C17H25NO/c1-13(11-14-7-8-14)18-12-17(9-10-17)16(19)15-5-3-2-4-6-15/h2-6,13-14,16,18-19H,7-12H2,1H3. The Balaban J connectivity index is 1.54. The molecule has 2 aliphatic carbocycles. The van der Waals surface area contributed by atoms with Crippen molar-refractivity contribution < 1.29 is 5.11 Å². The molecule has 2 aliphatic rings. The second kappa shape index (κ2) is 5.26. The molecule has 1 aromatic carbocycles. The Bertz CT molecular complexity index is 409. The SMILES string of the molecule is CC(CC1CC1)NCC1(C(O)c2ccccc2)CC1. The largest absolute Gasteiger partial charge is 0.388 e. The molecule has 19 heavy (non-hydrogen) atoms. The zero-order valence-electron chi connectivity index (χ0n) is 11.8. The molecule has 2 atom stereocenters. The Labute approximate surface area is 116 Å². The molecule has 3 rings (SSSR count). The molecule has 0 bridgehead atoms. The summed E-state index contributed by atoms with van der Waals surface area (Å²) < 4.78 is 0. The van der Waals surface area contributed by atoms with Gasteiger partial charge in [-0.3, -0.25) is 0 Å². The molecule has 2 unspecified atom stereocenters. The van der Waals surface area contributed by atoms with Crippen LogP contribution in [0.5, 0.6) is 0 Å². The van der Waals surface area contributed by atoms with Crippen LogP contribution in [0.3, 0.4) is 0 Å². The molecule has 2 nitrogen and oxygen atoms in total. The highest BCUT2D eigenvalue weighted by molar-refractivity contribution is 5.22. The fourth-order valence-corrected chi connectivity index (χ4v) is 3.01. The summed E-state index contributed by atoms with van der Waals surface area (Å²) in [5.74, 6) is 0.969. The summed E-state index contributed by atoms with van der Waals surface area (Å²) in [5.41, 5.74) is 1.16. The Morgan fingerprint density at radius 3 is 2.53 bits per heavy atom. The zero-order chi connectivity index (χ0) is 13.3. The third-order valence-electron chi connectivity index (χ3n) is 4.77. The van der Waals surface area contributed by atoms with Crippen molar-refractivity contribution in [2.24, 2.45) is 11.3 Å². The van der Waals surface area contributed by atoms with Gasteiger partial charge in [0.2, 0.25) is 0 Å². The number of aliphatic hydroxyl groups excluding tert-OH is 1. The Morgan fingerprint density at radius 1 is 1.26 bits per heavy atom. The van der Waals surface area contributed by atoms with E-state index in [0.717, 1.165) is 30.9 Å². The third-order valence-corrected chi connectivity index (χ3v) is 4.77. The molecule has 2 fully saturated rings. The molecule has 0 spiro atoms. The maximum absolute atomic E-state index is 10.6. The van der Waals surface area contributed by atoms with Gasteiger partial charge in [-0.05, 0) is 37.7 Å². The minimum absolute atomic E-state index is 0.0964. The highest BCUT2D eigenvalue weighted by Crippen LogP contribution is 2.54. The third kappa shape index (κ3) is 3.18. The molecule has 0 amide bonds. The normalized spacial score (nSPS) is 23.9. The summed E-state index contributed by atoms with van der Waals surface area (Å²) >= 11 is 0. The average molecular weight is 259 g/mol.